The van der Waals surface area contributed by atoms with Gasteiger partial charge in [-0.25, -0.2) is 0 Å². The molecular weight excluding hydrogens is 182 g/mol. The number of carbonyl (C=O) groups excluding carboxylic acids is 1. The molecule has 1 rings (SSSR count). The van der Waals surface area contributed by atoms with Crippen molar-refractivity contribution in [3.63, 3.8) is 0 Å². The minimum atomic E-state index is -0.784. The van der Waals surface area contributed by atoms with Crippen LogP contribution < -0.4 is 0 Å². The van der Waals surface area contributed by atoms with Crippen molar-refractivity contribution in [3.8, 4) is 0 Å². The van der Waals surface area contributed by atoms with Crippen molar-refractivity contribution in [3.05, 3.63) is 12.7 Å². The summed E-state index contributed by atoms with van der Waals surface area (Å²) >= 11 is 0. The van der Waals surface area contributed by atoms with Crippen LogP contribution in [0, 0.1) is 5.92 Å². The predicted octanol–water partition coefficient (Wildman–Crippen LogP) is 0.886. The Labute approximate surface area is 83.2 Å². The van der Waals surface area contributed by atoms with Crippen molar-refractivity contribution < 1.29 is 14.7 Å². The maximum atomic E-state index is 11.3. The lowest BCUT2D eigenvalue weighted by atomic mass is 9.96. The molecule has 4 nitrogen and oxygen atoms in total. The summed E-state index contributed by atoms with van der Waals surface area (Å²) in [5.74, 6) is -0.528. The summed E-state index contributed by atoms with van der Waals surface area (Å²) < 4.78 is 0. The molecule has 1 aliphatic rings. The largest absolute Gasteiger partial charge is 0.481 e. The number of allylic oxidation sites excluding steroid dienone is 1. The fraction of sp³-hybridized carbons (Fsp3) is 0.600. The first kappa shape index (κ1) is 10.8. The van der Waals surface area contributed by atoms with Crippen LogP contribution >= 0.6 is 0 Å². The minimum absolute atomic E-state index is 0.103. The van der Waals surface area contributed by atoms with E-state index in [2.05, 4.69) is 6.58 Å². The minimum Gasteiger partial charge on any atom is -0.481 e. The van der Waals surface area contributed by atoms with E-state index in [-0.39, 0.29) is 18.2 Å². The van der Waals surface area contributed by atoms with Crippen LogP contribution in [0.5, 0.6) is 0 Å². The van der Waals surface area contributed by atoms with Crippen LogP contribution in [0.1, 0.15) is 19.3 Å². The van der Waals surface area contributed by atoms with Crippen molar-refractivity contribution in [2.45, 2.75) is 19.3 Å². The molecule has 0 saturated carbocycles. The quantitative estimate of drug-likeness (QED) is 0.666. The van der Waals surface area contributed by atoms with Crippen LogP contribution in [0.15, 0.2) is 12.7 Å². The fourth-order valence-corrected chi connectivity index (χ4v) is 1.53. The average Bonchev–Trinajstić information content (AvgIpc) is 2.06. The highest BCUT2D eigenvalue weighted by Crippen LogP contribution is 2.20. The van der Waals surface area contributed by atoms with Crippen LogP contribution in [0.4, 0.5) is 0 Å². The van der Waals surface area contributed by atoms with E-state index in [1.165, 1.54) is 0 Å². The maximum Gasteiger partial charge on any atom is 0.303 e. The SMILES string of the molecule is C=CCCC(=O)N1CC(CC(=O)O)C1. The third-order valence-electron chi connectivity index (χ3n) is 2.34. The summed E-state index contributed by atoms with van der Waals surface area (Å²) in [4.78, 5) is 23.4. The molecule has 0 atom stereocenters. The van der Waals surface area contributed by atoms with Crippen molar-refractivity contribution in [1.29, 1.82) is 0 Å². The molecule has 1 fully saturated rings. The maximum absolute atomic E-state index is 11.3. The number of hydrogen-bond donors (Lipinski definition) is 1. The van der Waals surface area contributed by atoms with Crippen LogP contribution in [0.3, 0.4) is 0 Å². The van der Waals surface area contributed by atoms with Gasteiger partial charge in [-0.15, -0.1) is 6.58 Å². The van der Waals surface area contributed by atoms with E-state index in [0.29, 0.717) is 25.9 Å². The van der Waals surface area contributed by atoms with Gasteiger partial charge < -0.3 is 10.0 Å². The van der Waals surface area contributed by atoms with E-state index in [1.807, 2.05) is 0 Å². The van der Waals surface area contributed by atoms with Crippen molar-refractivity contribution >= 4 is 11.9 Å². The number of aliphatic carboxylic acids is 1. The molecule has 1 N–H and O–H groups in total. The van der Waals surface area contributed by atoms with E-state index >= 15 is 0 Å². The number of likely N-dealkylation sites (tertiary alicyclic amines) is 1. The number of carboxylic acid groups (broad SMARTS) is 1. The molecular formula is C10H15NO3. The second kappa shape index (κ2) is 4.79. The molecule has 0 unspecified atom stereocenters. The van der Waals surface area contributed by atoms with Gasteiger partial charge in [0.1, 0.15) is 0 Å². The summed E-state index contributed by atoms with van der Waals surface area (Å²) in [5, 5.41) is 8.50. The molecule has 0 aromatic rings. The van der Waals surface area contributed by atoms with Crippen LogP contribution in [0.2, 0.25) is 0 Å². The van der Waals surface area contributed by atoms with Gasteiger partial charge in [0.2, 0.25) is 5.91 Å². The highest BCUT2D eigenvalue weighted by Gasteiger charge is 2.31. The Hall–Kier alpha value is -1.32. The van der Waals surface area contributed by atoms with Gasteiger partial charge in [0.05, 0.1) is 6.42 Å². The lowest BCUT2D eigenvalue weighted by molar-refractivity contribution is -0.145. The van der Waals surface area contributed by atoms with E-state index in [9.17, 15) is 9.59 Å². The van der Waals surface area contributed by atoms with Gasteiger partial charge in [0.15, 0.2) is 0 Å². The molecule has 0 bridgehead atoms. The predicted molar refractivity (Wildman–Crippen MR) is 51.8 cm³/mol. The molecule has 0 spiro atoms. The Morgan fingerprint density at radius 1 is 1.50 bits per heavy atom. The number of carbonyl (C=O) groups is 2. The first-order chi connectivity index (χ1) is 6.63. The molecule has 1 aliphatic heterocycles. The third kappa shape index (κ3) is 2.87. The normalized spacial score (nSPS) is 16.1. The first-order valence-corrected chi connectivity index (χ1v) is 4.74. The smallest absolute Gasteiger partial charge is 0.303 e. The van der Waals surface area contributed by atoms with Gasteiger partial charge in [0, 0.05) is 25.4 Å². The molecule has 1 amide bonds. The molecule has 14 heavy (non-hydrogen) atoms. The number of carboxylic acids is 1. The van der Waals surface area contributed by atoms with Gasteiger partial charge in [-0.05, 0) is 6.42 Å². The molecule has 0 aliphatic carbocycles. The Kier molecular flexibility index (Phi) is 3.68. The Morgan fingerprint density at radius 2 is 2.14 bits per heavy atom. The third-order valence-corrected chi connectivity index (χ3v) is 2.34. The molecule has 4 heteroatoms. The van der Waals surface area contributed by atoms with E-state index in [0.717, 1.165) is 0 Å². The van der Waals surface area contributed by atoms with E-state index in [1.54, 1.807) is 11.0 Å². The van der Waals surface area contributed by atoms with Gasteiger partial charge in [-0.3, -0.25) is 9.59 Å². The molecule has 1 saturated heterocycles. The van der Waals surface area contributed by atoms with Crippen LogP contribution in [-0.4, -0.2) is 35.0 Å². The summed E-state index contributed by atoms with van der Waals surface area (Å²) in [6.07, 6.45) is 3.07. The zero-order chi connectivity index (χ0) is 10.6. The number of rotatable bonds is 5. The number of amides is 1. The standard InChI is InChI=1S/C10H15NO3/c1-2-3-4-9(12)11-6-8(7-11)5-10(13)14/h2,8H,1,3-7H2,(H,13,14). The van der Waals surface area contributed by atoms with Crippen molar-refractivity contribution in [2.24, 2.45) is 5.92 Å². The monoisotopic (exact) mass is 197 g/mol. The second-order valence-corrected chi connectivity index (χ2v) is 3.59. The van der Waals surface area contributed by atoms with E-state index in [4.69, 9.17) is 5.11 Å². The Morgan fingerprint density at radius 3 is 2.64 bits per heavy atom. The molecule has 78 valence electrons. The lowest BCUT2D eigenvalue weighted by Gasteiger charge is -2.38. The average molecular weight is 197 g/mol. The highest BCUT2D eigenvalue weighted by atomic mass is 16.4. The summed E-state index contributed by atoms with van der Waals surface area (Å²) in [5.41, 5.74) is 0. The zero-order valence-corrected chi connectivity index (χ0v) is 8.11. The molecule has 0 aromatic heterocycles. The van der Waals surface area contributed by atoms with Crippen LogP contribution in [-0.2, 0) is 9.59 Å². The van der Waals surface area contributed by atoms with E-state index < -0.39 is 5.97 Å². The topological polar surface area (TPSA) is 57.6 Å². The summed E-state index contributed by atoms with van der Waals surface area (Å²) in [6.45, 7) is 4.74. The zero-order valence-electron chi connectivity index (χ0n) is 8.11. The Bertz CT molecular complexity index is 244. The number of hydrogen-bond acceptors (Lipinski definition) is 2. The van der Waals surface area contributed by atoms with Gasteiger partial charge in [-0.2, -0.15) is 0 Å². The molecule has 0 aromatic carbocycles. The van der Waals surface area contributed by atoms with Crippen LogP contribution in [0.25, 0.3) is 0 Å². The number of nitrogens with zero attached hydrogens (tertiary/aromatic N) is 1. The van der Waals surface area contributed by atoms with Gasteiger partial charge in [0.25, 0.3) is 0 Å². The lowest BCUT2D eigenvalue weighted by Crippen LogP contribution is -2.50. The van der Waals surface area contributed by atoms with Gasteiger partial charge in [-0.1, -0.05) is 6.08 Å². The van der Waals surface area contributed by atoms with Gasteiger partial charge >= 0.3 is 5.97 Å². The summed E-state index contributed by atoms with van der Waals surface area (Å²) in [7, 11) is 0. The highest BCUT2D eigenvalue weighted by molar-refractivity contribution is 5.77. The first-order valence-electron chi connectivity index (χ1n) is 4.74. The fourth-order valence-electron chi connectivity index (χ4n) is 1.53. The Balaban J connectivity index is 2.17. The van der Waals surface area contributed by atoms with Crippen molar-refractivity contribution in [1.82, 2.24) is 4.90 Å². The summed E-state index contributed by atoms with van der Waals surface area (Å²) in [6, 6.07) is 0. The van der Waals surface area contributed by atoms with Crippen molar-refractivity contribution in [2.75, 3.05) is 13.1 Å². The molecule has 1 heterocycles. The second-order valence-electron chi connectivity index (χ2n) is 3.59. The molecule has 0 radical (unpaired) electrons.